The molecule has 4 saturated carbocycles. The second-order valence-corrected chi connectivity index (χ2v) is 11.9. The summed E-state index contributed by atoms with van der Waals surface area (Å²) in [5.41, 5.74) is 0.283. The van der Waals surface area contributed by atoms with Crippen molar-refractivity contribution in [2.45, 2.75) is 72.1 Å². The van der Waals surface area contributed by atoms with Crippen molar-refractivity contribution in [2.24, 2.45) is 52.8 Å². The number of Topliss-reactive ketones (excluding diaryl/α,β-unsaturated/α-hetero) is 1. The standard InChI is InChI=1S/C26H43NO2/c1-17-14-19-4-5-21-20(22(19)15-18(17)2)8-9-26(3)23(21)6-7-24(26)25(28)16-27-10-12-29-13-11-27/h17-24H,4-16H2,1-3H3. The fourth-order valence-electron chi connectivity index (χ4n) is 8.88. The zero-order chi connectivity index (χ0) is 20.2. The van der Waals surface area contributed by atoms with Gasteiger partial charge in [0, 0.05) is 19.0 Å². The van der Waals surface area contributed by atoms with Crippen LogP contribution in [-0.2, 0) is 9.53 Å². The SMILES string of the molecule is CC1CC2CCC3C(CCC4(C)C(C(=O)CN5CCOCC5)CCC34)C2CC1C. The number of carbonyl (C=O) groups excluding carboxylic acids is 1. The molecule has 5 fully saturated rings. The maximum atomic E-state index is 13.4. The maximum Gasteiger partial charge on any atom is 0.150 e. The fraction of sp³-hybridized carbons (Fsp3) is 0.962. The van der Waals surface area contributed by atoms with E-state index in [1.165, 1.54) is 44.9 Å². The molecule has 0 N–H and O–H groups in total. The van der Waals surface area contributed by atoms with Gasteiger partial charge >= 0.3 is 0 Å². The summed E-state index contributed by atoms with van der Waals surface area (Å²) in [5, 5.41) is 0. The average Bonchev–Trinajstić information content (AvgIpc) is 3.07. The summed E-state index contributed by atoms with van der Waals surface area (Å²) in [6.45, 7) is 11.6. The van der Waals surface area contributed by atoms with E-state index in [9.17, 15) is 4.79 Å². The maximum absolute atomic E-state index is 13.4. The first-order valence-corrected chi connectivity index (χ1v) is 12.8. The van der Waals surface area contributed by atoms with Gasteiger partial charge in [-0.15, -0.1) is 0 Å². The molecule has 1 saturated heterocycles. The molecule has 3 nitrogen and oxygen atoms in total. The van der Waals surface area contributed by atoms with Gasteiger partial charge in [-0.3, -0.25) is 9.69 Å². The minimum atomic E-state index is 0.283. The van der Waals surface area contributed by atoms with Crippen LogP contribution < -0.4 is 0 Å². The van der Waals surface area contributed by atoms with Crippen LogP contribution in [0.1, 0.15) is 72.1 Å². The van der Waals surface area contributed by atoms with Crippen molar-refractivity contribution in [3.63, 3.8) is 0 Å². The van der Waals surface area contributed by atoms with Crippen LogP contribution in [0.2, 0.25) is 0 Å². The molecule has 0 bridgehead atoms. The molecule has 0 aromatic carbocycles. The molecule has 0 aromatic rings. The molecular weight excluding hydrogens is 358 g/mol. The van der Waals surface area contributed by atoms with E-state index in [-0.39, 0.29) is 5.41 Å². The predicted molar refractivity (Wildman–Crippen MR) is 117 cm³/mol. The molecule has 29 heavy (non-hydrogen) atoms. The van der Waals surface area contributed by atoms with Gasteiger partial charge in [0.05, 0.1) is 19.8 Å². The second kappa shape index (κ2) is 7.93. The number of hydrogen-bond donors (Lipinski definition) is 0. The van der Waals surface area contributed by atoms with Crippen LogP contribution in [-0.4, -0.2) is 43.5 Å². The third kappa shape index (κ3) is 3.53. The molecule has 1 heterocycles. The summed E-state index contributed by atoms with van der Waals surface area (Å²) < 4.78 is 5.48. The predicted octanol–water partition coefficient (Wildman–Crippen LogP) is 5.04. The summed E-state index contributed by atoms with van der Waals surface area (Å²) in [4.78, 5) is 15.7. The minimum absolute atomic E-state index is 0.283. The van der Waals surface area contributed by atoms with E-state index in [2.05, 4.69) is 25.7 Å². The van der Waals surface area contributed by atoms with Gasteiger partial charge < -0.3 is 4.74 Å². The Kier molecular flexibility index (Phi) is 5.60. The number of rotatable bonds is 3. The molecule has 9 atom stereocenters. The van der Waals surface area contributed by atoms with Crippen molar-refractivity contribution in [1.82, 2.24) is 4.90 Å². The summed E-state index contributed by atoms with van der Waals surface area (Å²) >= 11 is 0. The molecule has 0 spiro atoms. The van der Waals surface area contributed by atoms with E-state index in [0.717, 1.165) is 74.1 Å². The van der Waals surface area contributed by atoms with Crippen LogP contribution in [0.4, 0.5) is 0 Å². The summed E-state index contributed by atoms with van der Waals surface area (Å²) in [5.74, 6) is 7.40. The molecule has 5 aliphatic rings. The van der Waals surface area contributed by atoms with Crippen molar-refractivity contribution in [2.75, 3.05) is 32.8 Å². The molecule has 0 amide bonds. The Morgan fingerprint density at radius 1 is 0.931 bits per heavy atom. The summed E-state index contributed by atoms with van der Waals surface area (Å²) in [6, 6.07) is 0. The first-order chi connectivity index (χ1) is 14.0. The number of fused-ring (bicyclic) bond motifs is 5. The van der Waals surface area contributed by atoms with Gasteiger partial charge in [-0.1, -0.05) is 20.8 Å². The number of morpholine rings is 1. The van der Waals surface area contributed by atoms with Crippen LogP contribution in [0.3, 0.4) is 0 Å². The number of ketones is 1. The van der Waals surface area contributed by atoms with Gasteiger partial charge in [0.15, 0.2) is 0 Å². The molecule has 0 radical (unpaired) electrons. The smallest absolute Gasteiger partial charge is 0.150 e. The lowest BCUT2D eigenvalue weighted by molar-refractivity contribution is -0.132. The number of carbonyl (C=O) groups is 1. The number of nitrogens with zero attached hydrogens (tertiary/aromatic N) is 1. The molecular formula is C26H43NO2. The Balaban J connectivity index is 1.28. The first kappa shape index (κ1) is 20.5. The highest BCUT2D eigenvalue weighted by molar-refractivity contribution is 5.84. The van der Waals surface area contributed by atoms with Gasteiger partial charge in [0.1, 0.15) is 5.78 Å². The largest absolute Gasteiger partial charge is 0.379 e. The Hall–Kier alpha value is -0.410. The zero-order valence-corrected chi connectivity index (χ0v) is 19.1. The van der Waals surface area contributed by atoms with E-state index in [1.807, 2.05) is 0 Å². The van der Waals surface area contributed by atoms with E-state index < -0.39 is 0 Å². The molecule has 4 aliphatic carbocycles. The minimum Gasteiger partial charge on any atom is -0.379 e. The van der Waals surface area contributed by atoms with Gasteiger partial charge in [0.25, 0.3) is 0 Å². The molecule has 0 aromatic heterocycles. The fourth-order valence-corrected chi connectivity index (χ4v) is 8.88. The van der Waals surface area contributed by atoms with Crippen LogP contribution in [0.15, 0.2) is 0 Å². The van der Waals surface area contributed by atoms with E-state index in [0.29, 0.717) is 18.2 Å². The second-order valence-electron chi connectivity index (χ2n) is 11.9. The lowest BCUT2D eigenvalue weighted by Gasteiger charge is -2.57. The molecule has 5 rings (SSSR count). The van der Waals surface area contributed by atoms with Crippen LogP contribution in [0.5, 0.6) is 0 Å². The number of hydrogen-bond acceptors (Lipinski definition) is 3. The quantitative estimate of drug-likeness (QED) is 0.663. The summed E-state index contributed by atoms with van der Waals surface area (Å²) in [6.07, 6.45) is 11.1. The zero-order valence-electron chi connectivity index (χ0n) is 19.1. The highest BCUT2D eigenvalue weighted by Gasteiger charge is 2.58. The highest BCUT2D eigenvalue weighted by atomic mass is 16.5. The third-order valence-electron chi connectivity index (χ3n) is 10.7. The summed E-state index contributed by atoms with van der Waals surface area (Å²) in [7, 11) is 0. The van der Waals surface area contributed by atoms with Crippen LogP contribution >= 0.6 is 0 Å². The van der Waals surface area contributed by atoms with Crippen molar-refractivity contribution in [1.29, 1.82) is 0 Å². The molecule has 3 heteroatoms. The van der Waals surface area contributed by atoms with Gasteiger partial charge in [0.2, 0.25) is 0 Å². The van der Waals surface area contributed by atoms with Crippen molar-refractivity contribution < 1.29 is 9.53 Å². The van der Waals surface area contributed by atoms with Crippen molar-refractivity contribution in [3.8, 4) is 0 Å². The van der Waals surface area contributed by atoms with Gasteiger partial charge in [-0.05, 0) is 98.2 Å². The Labute approximate surface area is 178 Å². The monoisotopic (exact) mass is 401 g/mol. The lowest BCUT2D eigenvalue weighted by atomic mass is 9.48. The number of ether oxygens (including phenoxy) is 1. The molecule has 1 aliphatic heterocycles. The molecule has 164 valence electrons. The Bertz CT molecular complexity index is 614. The molecule has 9 unspecified atom stereocenters. The van der Waals surface area contributed by atoms with Crippen molar-refractivity contribution >= 4 is 5.78 Å². The van der Waals surface area contributed by atoms with Crippen LogP contribution in [0, 0.1) is 52.8 Å². The first-order valence-electron chi connectivity index (χ1n) is 12.8. The third-order valence-corrected chi connectivity index (χ3v) is 10.7. The average molecular weight is 402 g/mol. The van der Waals surface area contributed by atoms with Crippen molar-refractivity contribution in [3.05, 3.63) is 0 Å². The van der Waals surface area contributed by atoms with Gasteiger partial charge in [-0.2, -0.15) is 0 Å². The van der Waals surface area contributed by atoms with E-state index in [1.54, 1.807) is 0 Å². The Morgan fingerprint density at radius 3 is 2.48 bits per heavy atom. The van der Waals surface area contributed by atoms with Gasteiger partial charge in [-0.25, -0.2) is 0 Å². The topological polar surface area (TPSA) is 29.5 Å². The van der Waals surface area contributed by atoms with E-state index in [4.69, 9.17) is 4.74 Å². The Morgan fingerprint density at radius 2 is 1.69 bits per heavy atom. The lowest BCUT2D eigenvalue weighted by Crippen LogP contribution is -2.51. The van der Waals surface area contributed by atoms with Crippen LogP contribution in [0.25, 0.3) is 0 Å². The highest BCUT2D eigenvalue weighted by Crippen LogP contribution is 2.64. The normalized spacial score (nSPS) is 50.4. The van der Waals surface area contributed by atoms with E-state index >= 15 is 0 Å².